The highest BCUT2D eigenvalue weighted by Crippen LogP contribution is 2.24. The molecule has 7 nitrogen and oxygen atoms in total. The average molecular weight is 395 g/mol. The van der Waals surface area contributed by atoms with Crippen molar-refractivity contribution in [3.63, 3.8) is 0 Å². The Morgan fingerprint density at radius 3 is 2.69 bits per heavy atom. The summed E-state index contributed by atoms with van der Waals surface area (Å²) < 4.78 is 7.86. The summed E-state index contributed by atoms with van der Waals surface area (Å²) in [5.74, 6) is 2.75. The molecule has 0 spiro atoms. The van der Waals surface area contributed by atoms with Gasteiger partial charge >= 0.3 is 0 Å². The van der Waals surface area contributed by atoms with Gasteiger partial charge in [-0.1, -0.05) is 18.6 Å². The van der Waals surface area contributed by atoms with E-state index in [-0.39, 0.29) is 6.04 Å². The minimum Gasteiger partial charge on any atom is -0.468 e. The molecule has 7 heteroatoms. The Morgan fingerprint density at radius 2 is 1.97 bits per heavy atom. The number of nitrogens with one attached hydrogen (secondary N) is 2. The largest absolute Gasteiger partial charge is 0.468 e. The van der Waals surface area contributed by atoms with E-state index in [9.17, 15) is 0 Å². The molecule has 0 amide bonds. The van der Waals surface area contributed by atoms with Gasteiger partial charge in [-0.15, -0.1) is 0 Å². The first-order valence-electron chi connectivity index (χ1n) is 10.4. The molecule has 0 aliphatic carbocycles. The summed E-state index contributed by atoms with van der Waals surface area (Å²) in [5, 5.41) is 6.88. The molecule has 1 unspecified atom stereocenters. The molecule has 3 aromatic rings. The number of hydrogen-bond donors (Lipinski definition) is 2. The maximum absolute atomic E-state index is 5.74. The van der Waals surface area contributed by atoms with Crippen LogP contribution in [-0.2, 0) is 13.6 Å². The van der Waals surface area contributed by atoms with E-state index >= 15 is 0 Å². The zero-order chi connectivity index (χ0) is 20.1. The number of imidazole rings is 1. The number of aryl methyl sites for hydroxylation is 1. The fourth-order valence-corrected chi connectivity index (χ4v) is 4.05. The fraction of sp³-hybridized carbons (Fsp3) is 0.455. The lowest BCUT2D eigenvalue weighted by Crippen LogP contribution is -2.44. The van der Waals surface area contributed by atoms with Crippen LogP contribution in [0, 0.1) is 0 Å². The second kappa shape index (κ2) is 9.13. The number of fused-ring (bicyclic) bond motifs is 1. The Morgan fingerprint density at radius 1 is 1.14 bits per heavy atom. The van der Waals surface area contributed by atoms with Crippen LogP contribution in [0.1, 0.15) is 36.9 Å². The molecular formula is C22H30N6O. The van der Waals surface area contributed by atoms with Crippen molar-refractivity contribution in [2.75, 3.05) is 26.7 Å². The number of likely N-dealkylation sites (tertiary alicyclic amines) is 1. The van der Waals surface area contributed by atoms with E-state index in [1.54, 1.807) is 13.3 Å². The summed E-state index contributed by atoms with van der Waals surface area (Å²) in [5.41, 5.74) is 2.15. The Balaban J connectivity index is 1.39. The van der Waals surface area contributed by atoms with E-state index in [1.807, 2.05) is 31.3 Å². The van der Waals surface area contributed by atoms with Crippen LogP contribution in [-0.4, -0.2) is 47.1 Å². The number of aliphatic imine (C=N–C) groups is 1. The first-order chi connectivity index (χ1) is 14.3. The number of guanidine groups is 1. The monoisotopic (exact) mass is 394 g/mol. The Kier molecular flexibility index (Phi) is 6.14. The quantitative estimate of drug-likeness (QED) is 0.497. The lowest BCUT2D eigenvalue weighted by atomic mass is 10.1. The van der Waals surface area contributed by atoms with Gasteiger partial charge in [0.2, 0.25) is 0 Å². The molecule has 3 heterocycles. The van der Waals surface area contributed by atoms with Gasteiger partial charge in [0.25, 0.3) is 0 Å². The SMILES string of the molecule is CN=C(NCc1nc2ccccc2n1C)NCC(c1ccco1)N1CCCCC1. The van der Waals surface area contributed by atoms with Crippen LogP contribution in [0.2, 0.25) is 0 Å². The molecule has 1 saturated heterocycles. The molecule has 1 aromatic carbocycles. The number of para-hydroxylation sites is 2. The van der Waals surface area contributed by atoms with Crippen LogP contribution in [0.15, 0.2) is 52.1 Å². The Labute approximate surface area is 171 Å². The van der Waals surface area contributed by atoms with E-state index in [4.69, 9.17) is 9.40 Å². The molecule has 2 N–H and O–H groups in total. The molecule has 0 bridgehead atoms. The van der Waals surface area contributed by atoms with Gasteiger partial charge in [-0.2, -0.15) is 0 Å². The van der Waals surface area contributed by atoms with Crippen molar-refractivity contribution in [2.24, 2.45) is 12.0 Å². The second-order valence-electron chi connectivity index (χ2n) is 7.51. The van der Waals surface area contributed by atoms with Crippen molar-refractivity contribution in [1.29, 1.82) is 0 Å². The molecular weight excluding hydrogens is 364 g/mol. The number of benzene rings is 1. The van der Waals surface area contributed by atoms with E-state index < -0.39 is 0 Å². The molecule has 4 rings (SSSR count). The van der Waals surface area contributed by atoms with Crippen LogP contribution < -0.4 is 10.6 Å². The molecule has 1 aliphatic heterocycles. The normalized spacial score (nSPS) is 16.8. The lowest BCUT2D eigenvalue weighted by molar-refractivity contribution is 0.146. The topological polar surface area (TPSA) is 70.6 Å². The number of hydrogen-bond acceptors (Lipinski definition) is 4. The highest BCUT2D eigenvalue weighted by Gasteiger charge is 2.24. The predicted molar refractivity (Wildman–Crippen MR) is 116 cm³/mol. The molecule has 0 radical (unpaired) electrons. The first-order valence-corrected chi connectivity index (χ1v) is 10.4. The highest BCUT2D eigenvalue weighted by molar-refractivity contribution is 5.80. The summed E-state index contributed by atoms with van der Waals surface area (Å²) in [7, 11) is 3.85. The van der Waals surface area contributed by atoms with Crippen LogP contribution in [0.4, 0.5) is 0 Å². The minimum atomic E-state index is 0.208. The summed E-state index contributed by atoms with van der Waals surface area (Å²) in [6, 6.07) is 12.4. The maximum Gasteiger partial charge on any atom is 0.191 e. The van der Waals surface area contributed by atoms with Crippen molar-refractivity contribution in [1.82, 2.24) is 25.1 Å². The molecule has 2 aromatic heterocycles. The fourth-order valence-electron chi connectivity index (χ4n) is 4.05. The van der Waals surface area contributed by atoms with Crippen molar-refractivity contribution in [3.8, 4) is 0 Å². The number of furan rings is 1. The zero-order valence-corrected chi connectivity index (χ0v) is 17.3. The zero-order valence-electron chi connectivity index (χ0n) is 17.3. The van der Waals surface area contributed by atoms with Crippen LogP contribution in [0.3, 0.4) is 0 Å². The van der Waals surface area contributed by atoms with Gasteiger partial charge in [-0.05, 0) is 50.2 Å². The molecule has 29 heavy (non-hydrogen) atoms. The molecule has 0 saturated carbocycles. The standard InChI is InChI=1S/C22H30N6O/c1-23-22(25-16-21-26-17-9-4-5-10-18(17)27(21)2)24-15-19(20-11-8-14-29-20)28-12-6-3-7-13-28/h4-5,8-11,14,19H,3,6-7,12-13,15-16H2,1-2H3,(H2,23,24,25). The van der Waals surface area contributed by atoms with Crippen molar-refractivity contribution >= 4 is 17.0 Å². The summed E-state index contributed by atoms with van der Waals surface area (Å²) in [6.45, 7) is 3.58. The molecule has 154 valence electrons. The number of nitrogens with zero attached hydrogens (tertiary/aromatic N) is 4. The number of piperidine rings is 1. The second-order valence-corrected chi connectivity index (χ2v) is 7.51. The van der Waals surface area contributed by atoms with Crippen LogP contribution >= 0.6 is 0 Å². The molecule has 1 atom stereocenters. The molecule has 1 aliphatic rings. The van der Waals surface area contributed by atoms with Crippen molar-refractivity contribution in [3.05, 3.63) is 54.2 Å². The van der Waals surface area contributed by atoms with Gasteiger partial charge in [0, 0.05) is 20.6 Å². The van der Waals surface area contributed by atoms with Crippen LogP contribution in [0.5, 0.6) is 0 Å². The Bertz CT molecular complexity index is 940. The van der Waals surface area contributed by atoms with E-state index in [0.717, 1.165) is 48.2 Å². The third-order valence-electron chi connectivity index (χ3n) is 5.68. The smallest absolute Gasteiger partial charge is 0.191 e. The summed E-state index contributed by atoms with van der Waals surface area (Å²) in [6.07, 6.45) is 5.56. The predicted octanol–water partition coefficient (Wildman–Crippen LogP) is 3.06. The van der Waals surface area contributed by atoms with E-state index in [0.29, 0.717) is 6.54 Å². The summed E-state index contributed by atoms with van der Waals surface area (Å²) >= 11 is 0. The van der Waals surface area contributed by atoms with Gasteiger partial charge in [0.05, 0.1) is 29.9 Å². The van der Waals surface area contributed by atoms with E-state index in [1.165, 1.54) is 19.3 Å². The van der Waals surface area contributed by atoms with Crippen LogP contribution in [0.25, 0.3) is 11.0 Å². The van der Waals surface area contributed by atoms with Gasteiger partial charge < -0.3 is 19.6 Å². The number of rotatable bonds is 6. The van der Waals surface area contributed by atoms with E-state index in [2.05, 4.69) is 37.2 Å². The first kappa shape index (κ1) is 19.5. The van der Waals surface area contributed by atoms with Gasteiger partial charge in [-0.3, -0.25) is 9.89 Å². The maximum atomic E-state index is 5.74. The molecule has 1 fully saturated rings. The van der Waals surface area contributed by atoms with Crippen molar-refractivity contribution < 1.29 is 4.42 Å². The number of aromatic nitrogens is 2. The average Bonchev–Trinajstić information content (AvgIpc) is 3.40. The van der Waals surface area contributed by atoms with Crippen molar-refractivity contribution in [2.45, 2.75) is 31.8 Å². The third-order valence-corrected chi connectivity index (χ3v) is 5.68. The third kappa shape index (κ3) is 4.45. The summed E-state index contributed by atoms with van der Waals surface area (Å²) in [4.78, 5) is 11.6. The lowest BCUT2D eigenvalue weighted by Gasteiger charge is -2.33. The van der Waals surface area contributed by atoms with Gasteiger partial charge in [0.15, 0.2) is 5.96 Å². The van der Waals surface area contributed by atoms with Gasteiger partial charge in [0.1, 0.15) is 11.6 Å². The Hall–Kier alpha value is -2.80. The highest BCUT2D eigenvalue weighted by atomic mass is 16.3. The minimum absolute atomic E-state index is 0.208. The van der Waals surface area contributed by atoms with Gasteiger partial charge in [-0.25, -0.2) is 4.98 Å².